The van der Waals surface area contributed by atoms with Gasteiger partial charge in [0.25, 0.3) is 5.91 Å². The van der Waals surface area contributed by atoms with E-state index in [1.807, 2.05) is 24.3 Å². The minimum atomic E-state index is -0.160. The molecule has 0 atom stereocenters. The molecule has 4 nitrogen and oxygen atoms in total. The number of nitrogens with one attached hydrogen (secondary N) is 1. The number of rotatable bonds is 7. The molecule has 0 radical (unpaired) electrons. The Bertz CT molecular complexity index is 635. The predicted octanol–water partition coefficient (Wildman–Crippen LogP) is 4.37. The molecule has 0 fully saturated rings. The number of benzene rings is 2. The number of anilines is 1. The molecule has 23 heavy (non-hydrogen) atoms. The topological polar surface area (TPSA) is 47.6 Å². The van der Waals surface area contributed by atoms with Crippen LogP contribution in [0, 0.1) is 5.92 Å². The molecule has 1 amide bonds. The van der Waals surface area contributed by atoms with Gasteiger partial charge in [0, 0.05) is 17.3 Å². The van der Waals surface area contributed by atoms with E-state index in [0.29, 0.717) is 23.8 Å². The Morgan fingerprint density at radius 3 is 2.48 bits per heavy atom. The summed E-state index contributed by atoms with van der Waals surface area (Å²) >= 11 is 0. The Balaban J connectivity index is 1.97. The summed E-state index contributed by atoms with van der Waals surface area (Å²) in [6.07, 6.45) is 1.00. The van der Waals surface area contributed by atoms with Crippen LogP contribution in [-0.2, 0) is 0 Å². The SMILES string of the molecule is COc1ccc(C(=O)Nc2cccc(OCCC(C)C)c2)cc1. The molecule has 0 heterocycles. The van der Waals surface area contributed by atoms with Gasteiger partial charge >= 0.3 is 0 Å². The molecule has 0 unspecified atom stereocenters. The van der Waals surface area contributed by atoms with Gasteiger partial charge in [0.15, 0.2) is 0 Å². The molecule has 1 N–H and O–H groups in total. The molecule has 2 aromatic carbocycles. The Morgan fingerprint density at radius 2 is 1.83 bits per heavy atom. The van der Waals surface area contributed by atoms with E-state index in [4.69, 9.17) is 9.47 Å². The summed E-state index contributed by atoms with van der Waals surface area (Å²) in [4.78, 5) is 12.2. The van der Waals surface area contributed by atoms with Gasteiger partial charge in [-0.3, -0.25) is 4.79 Å². The quantitative estimate of drug-likeness (QED) is 0.825. The summed E-state index contributed by atoms with van der Waals surface area (Å²) in [5, 5.41) is 2.88. The maximum absolute atomic E-state index is 12.2. The number of carbonyl (C=O) groups is 1. The Kier molecular flexibility index (Phi) is 6.03. The maximum Gasteiger partial charge on any atom is 0.255 e. The van der Waals surface area contributed by atoms with Crippen molar-refractivity contribution in [1.29, 1.82) is 0 Å². The molecular weight excluding hydrogens is 290 g/mol. The van der Waals surface area contributed by atoms with Crippen LogP contribution in [0.4, 0.5) is 5.69 Å². The first-order valence-electron chi connectivity index (χ1n) is 7.76. The van der Waals surface area contributed by atoms with Crippen molar-refractivity contribution in [1.82, 2.24) is 0 Å². The minimum Gasteiger partial charge on any atom is -0.497 e. The molecule has 0 aliphatic carbocycles. The highest BCUT2D eigenvalue weighted by Crippen LogP contribution is 2.19. The van der Waals surface area contributed by atoms with Gasteiger partial charge in [-0.15, -0.1) is 0 Å². The summed E-state index contributed by atoms with van der Waals surface area (Å²) in [5.41, 5.74) is 1.30. The first-order valence-corrected chi connectivity index (χ1v) is 7.76. The lowest BCUT2D eigenvalue weighted by molar-refractivity contribution is 0.102. The van der Waals surface area contributed by atoms with Crippen molar-refractivity contribution in [2.75, 3.05) is 19.0 Å². The molecule has 0 aliphatic heterocycles. The fourth-order valence-electron chi connectivity index (χ4n) is 2.02. The summed E-state index contributed by atoms with van der Waals surface area (Å²) in [6, 6.07) is 14.4. The van der Waals surface area contributed by atoms with E-state index in [2.05, 4.69) is 19.2 Å². The Morgan fingerprint density at radius 1 is 1.09 bits per heavy atom. The fourth-order valence-corrected chi connectivity index (χ4v) is 2.02. The van der Waals surface area contributed by atoms with Gasteiger partial charge in [0.2, 0.25) is 0 Å². The standard InChI is InChI=1S/C19H23NO3/c1-14(2)11-12-23-18-6-4-5-16(13-18)20-19(21)15-7-9-17(22-3)10-8-15/h4-10,13-14H,11-12H2,1-3H3,(H,20,21). The number of ether oxygens (including phenoxy) is 2. The number of hydrogen-bond acceptors (Lipinski definition) is 3. The second-order valence-corrected chi connectivity index (χ2v) is 5.74. The molecule has 2 aromatic rings. The van der Waals surface area contributed by atoms with E-state index in [1.54, 1.807) is 31.4 Å². The molecule has 0 saturated carbocycles. The van der Waals surface area contributed by atoms with Crippen molar-refractivity contribution in [3.63, 3.8) is 0 Å². The second kappa shape index (κ2) is 8.22. The van der Waals surface area contributed by atoms with Crippen molar-refractivity contribution >= 4 is 11.6 Å². The third kappa shape index (κ3) is 5.33. The lowest BCUT2D eigenvalue weighted by Crippen LogP contribution is -2.11. The molecular formula is C19H23NO3. The van der Waals surface area contributed by atoms with Gasteiger partial charge < -0.3 is 14.8 Å². The molecule has 0 bridgehead atoms. The minimum absolute atomic E-state index is 0.160. The van der Waals surface area contributed by atoms with Crippen LogP contribution in [0.25, 0.3) is 0 Å². The fraction of sp³-hybridized carbons (Fsp3) is 0.316. The van der Waals surface area contributed by atoms with Crippen molar-refractivity contribution in [2.24, 2.45) is 5.92 Å². The van der Waals surface area contributed by atoms with Gasteiger partial charge in [-0.1, -0.05) is 19.9 Å². The van der Waals surface area contributed by atoms with E-state index in [1.165, 1.54) is 0 Å². The molecule has 4 heteroatoms. The molecule has 2 rings (SSSR count). The monoisotopic (exact) mass is 313 g/mol. The average molecular weight is 313 g/mol. The van der Waals surface area contributed by atoms with Crippen LogP contribution in [0.1, 0.15) is 30.6 Å². The third-order valence-electron chi connectivity index (χ3n) is 3.41. The maximum atomic E-state index is 12.2. The summed E-state index contributed by atoms with van der Waals surface area (Å²) in [6.45, 7) is 5.00. The van der Waals surface area contributed by atoms with Crippen molar-refractivity contribution in [3.8, 4) is 11.5 Å². The molecule has 0 spiro atoms. The number of amides is 1. The van der Waals surface area contributed by atoms with E-state index >= 15 is 0 Å². The zero-order valence-electron chi connectivity index (χ0n) is 13.8. The number of hydrogen-bond donors (Lipinski definition) is 1. The van der Waals surface area contributed by atoms with Gasteiger partial charge in [0.05, 0.1) is 13.7 Å². The van der Waals surface area contributed by atoms with Crippen molar-refractivity contribution < 1.29 is 14.3 Å². The van der Waals surface area contributed by atoms with E-state index in [0.717, 1.165) is 17.9 Å². The summed E-state index contributed by atoms with van der Waals surface area (Å²) in [5.74, 6) is 1.93. The third-order valence-corrected chi connectivity index (χ3v) is 3.41. The molecule has 122 valence electrons. The molecule has 0 saturated heterocycles. The predicted molar refractivity (Wildman–Crippen MR) is 92.3 cm³/mol. The van der Waals surface area contributed by atoms with Gasteiger partial charge in [-0.05, 0) is 48.7 Å². The first kappa shape index (κ1) is 16.9. The van der Waals surface area contributed by atoms with Crippen LogP contribution in [-0.4, -0.2) is 19.6 Å². The Hall–Kier alpha value is -2.49. The molecule has 0 aliphatic rings. The zero-order chi connectivity index (χ0) is 16.7. The highest BCUT2D eigenvalue weighted by molar-refractivity contribution is 6.04. The van der Waals surface area contributed by atoms with Crippen LogP contribution in [0.2, 0.25) is 0 Å². The van der Waals surface area contributed by atoms with Crippen molar-refractivity contribution in [2.45, 2.75) is 20.3 Å². The largest absolute Gasteiger partial charge is 0.497 e. The zero-order valence-corrected chi connectivity index (χ0v) is 13.8. The molecule has 0 aromatic heterocycles. The van der Waals surface area contributed by atoms with Gasteiger partial charge in [0.1, 0.15) is 11.5 Å². The smallest absolute Gasteiger partial charge is 0.255 e. The van der Waals surface area contributed by atoms with Gasteiger partial charge in [-0.2, -0.15) is 0 Å². The van der Waals surface area contributed by atoms with Crippen molar-refractivity contribution in [3.05, 3.63) is 54.1 Å². The van der Waals surface area contributed by atoms with Crippen LogP contribution < -0.4 is 14.8 Å². The van der Waals surface area contributed by atoms with Crippen LogP contribution in [0.5, 0.6) is 11.5 Å². The highest BCUT2D eigenvalue weighted by Gasteiger charge is 2.07. The lowest BCUT2D eigenvalue weighted by atomic mass is 10.1. The lowest BCUT2D eigenvalue weighted by Gasteiger charge is -2.10. The van der Waals surface area contributed by atoms with E-state index in [-0.39, 0.29) is 5.91 Å². The number of methoxy groups -OCH3 is 1. The summed E-state index contributed by atoms with van der Waals surface area (Å²) in [7, 11) is 1.60. The number of carbonyl (C=O) groups excluding carboxylic acids is 1. The first-order chi connectivity index (χ1) is 11.1. The Labute approximate surface area is 137 Å². The van der Waals surface area contributed by atoms with Crippen LogP contribution in [0.15, 0.2) is 48.5 Å². The highest BCUT2D eigenvalue weighted by atomic mass is 16.5. The van der Waals surface area contributed by atoms with E-state index in [9.17, 15) is 4.79 Å². The van der Waals surface area contributed by atoms with Gasteiger partial charge in [-0.25, -0.2) is 0 Å². The summed E-state index contributed by atoms with van der Waals surface area (Å²) < 4.78 is 10.8. The average Bonchev–Trinajstić information content (AvgIpc) is 2.55. The second-order valence-electron chi connectivity index (χ2n) is 5.74. The van der Waals surface area contributed by atoms with E-state index < -0.39 is 0 Å². The van der Waals surface area contributed by atoms with Crippen LogP contribution >= 0.6 is 0 Å². The van der Waals surface area contributed by atoms with Crippen LogP contribution in [0.3, 0.4) is 0 Å². The normalized spacial score (nSPS) is 10.4.